The zero-order valence-electron chi connectivity index (χ0n) is 33.3. The topological polar surface area (TPSA) is 62.5 Å². The molecule has 2 fully saturated rings. The van der Waals surface area contributed by atoms with Crippen molar-refractivity contribution in [1.82, 2.24) is 24.1 Å². The van der Waals surface area contributed by atoms with E-state index in [-0.39, 0.29) is 17.0 Å². The standard InChI is InChI=1S/C41H64FN5O3Si/c1-12-46(29(4)5)40(48)37-22-33(42)13-15-35(37)36-21-31(26-47-30(6)43-23-39(36)47)32-24-45(25-32)38(28(2)3)16-14-34-27-49-19-17-44(34)18-20-50-51(10,11)41(7,8)9/h13,15,21-23,26,28-29,32,34,38H,12,14,16-20,24-25,27H2,1-11H3/t34-,38?/m1/s1. The molecule has 51 heavy (non-hydrogen) atoms. The summed E-state index contributed by atoms with van der Waals surface area (Å²) in [6, 6.07) is 7.76. The summed E-state index contributed by atoms with van der Waals surface area (Å²) >= 11 is 0. The number of morpholine rings is 1. The van der Waals surface area contributed by atoms with Gasteiger partial charge in [-0.2, -0.15) is 0 Å². The van der Waals surface area contributed by atoms with Crippen molar-refractivity contribution in [2.75, 3.05) is 52.5 Å². The van der Waals surface area contributed by atoms with Crippen molar-refractivity contribution in [3.8, 4) is 11.1 Å². The van der Waals surface area contributed by atoms with Crippen LogP contribution in [0.15, 0.2) is 36.7 Å². The third kappa shape index (κ3) is 8.78. The van der Waals surface area contributed by atoms with E-state index in [0.717, 1.165) is 81.3 Å². The Morgan fingerprint density at radius 2 is 1.86 bits per heavy atom. The summed E-state index contributed by atoms with van der Waals surface area (Å²) in [7, 11) is -1.77. The quantitative estimate of drug-likeness (QED) is 0.156. The number of amides is 1. The summed E-state index contributed by atoms with van der Waals surface area (Å²) in [5.74, 6) is 1.23. The Morgan fingerprint density at radius 1 is 1.14 bits per heavy atom. The van der Waals surface area contributed by atoms with Crippen molar-refractivity contribution >= 4 is 19.7 Å². The Labute approximate surface area is 307 Å². The highest BCUT2D eigenvalue weighted by atomic mass is 28.4. The van der Waals surface area contributed by atoms with Gasteiger partial charge in [-0.15, -0.1) is 0 Å². The molecule has 8 nitrogen and oxygen atoms in total. The summed E-state index contributed by atoms with van der Waals surface area (Å²) in [4.78, 5) is 25.5. The molecule has 5 rings (SSSR count). The molecule has 2 aliphatic rings. The van der Waals surface area contributed by atoms with Crippen LogP contribution in [0.2, 0.25) is 18.1 Å². The zero-order chi connectivity index (χ0) is 37.2. The van der Waals surface area contributed by atoms with Crippen molar-refractivity contribution in [2.45, 2.75) is 117 Å². The first-order valence-corrected chi connectivity index (χ1v) is 22.2. The first kappa shape index (κ1) is 39.6. The predicted octanol–water partition coefficient (Wildman–Crippen LogP) is 8.25. The van der Waals surface area contributed by atoms with E-state index in [9.17, 15) is 9.18 Å². The average molecular weight is 722 g/mol. The lowest BCUT2D eigenvalue weighted by Gasteiger charge is -2.47. The van der Waals surface area contributed by atoms with Gasteiger partial charge in [0.2, 0.25) is 0 Å². The van der Waals surface area contributed by atoms with Crippen LogP contribution in [0.4, 0.5) is 4.39 Å². The minimum absolute atomic E-state index is 0.00659. The Hall–Kier alpha value is -2.63. The fraction of sp³-hybridized carbons (Fsp3) is 0.659. The maximum atomic E-state index is 14.7. The molecule has 0 bridgehead atoms. The molecule has 3 aromatic rings. The molecule has 2 aliphatic heterocycles. The number of nitrogens with zero attached hydrogens (tertiary/aromatic N) is 5. The van der Waals surface area contributed by atoms with Crippen molar-refractivity contribution < 1.29 is 18.3 Å². The number of likely N-dealkylation sites (tertiary alicyclic amines) is 1. The van der Waals surface area contributed by atoms with Gasteiger partial charge in [0, 0.05) is 75.1 Å². The second-order valence-corrected chi connectivity index (χ2v) is 21.8. The number of hydrogen-bond acceptors (Lipinski definition) is 6. The Morgan fingerprint density at radius 3 is 2.51 bits per heavy atom. The second kappa shape index (κ2) is 16.2. The second-order valence-electron chi connectivity index (χ2n) is 17.0. The third-order valence-electron chi connectivity index (χ3n) is 12.0. The number of benzene rings is 1. The molecule has 0 spiro atoms. The summed E-state index contributed by atoms with van der Waals surface area (Å²) < 4.78 is 29.4. The highest BCUT2D eigenvalue weighted by Gasteiger charge is 2.38. The van der Waals surface area contributed by atoms with E-state index >= 15 is 0 Å². The van der Waals surface area contributed by atoms with Crippen LogP contribution in [0.3, 0.4) is 0 Å². The number of imidazole rings is 1. The number of aromatic nitrogens is 2. The summed E-state index contributed by atoms with van der Waals surface area (Å²) in [5, 5.41) is 0.217. The number of pyridine rings is 1. The number of fused-ring (bicyclic) bond motifs is 1. The van der Waals surface area contributed by atoms with Crippen molar-refractivity contribution in [1.29, 1.82) is 0 Å². The fourth-order valence-electron chi connectivity index (χ4n) is 7.69. The number of halogens is 1. The molecule has 0 N–H and O–H groups in total. The highest BCUT2D eigenvalue weighted by Crippen LogP contribution is 2.38. The number of carbonyl (C=O) groups excluding carboxylic acids is 1. The third-order valence-corrected chi connectivity index (χ3v) is 16.5. The molecule has 2 saturated heterocycles. The van der Waals surface area contributed by atoms with Gasteiger partial charge in [0.1, 0.15) is 11.6 Å². The molecule has 2 aromatic heterocycles. The molecule has 282 valence electrons. The molecule has 0 aliphatic carbocycles. The summed E-state index contributed by atoms with van der Waals surface area (Å²) in [5.41, 5.74) is 4.22. The molecule has 2 atom stereocenters. The number of carbonyl (C=O) groups is 1. The van der Waals surface area contributed by atoms with Crippen molar-refractivity contribution in [3.05, 3.63) is 59.4 Å². The first-order valence-electron chi connectivity index (χ1n) is 19.3. The lowest BCUT2D eigenvalue weighted by atomic mass is 9.85. The van der Waals surface area contributed by atoms with Gasteiger partial charge in [-0.25, -0.2) is 9.37 Å². The predicted molar refractivity (Wildman–Crippen MR) is 209 cm³/mol. The lowest BCUT2D eigenvalue weighted by Crippen LogP contribution is -2.53. The maximum absolute atomic E-state index is 14.7. The van der Waals surface area contributed by atoms with E-state index in [2.05, 4.69) is 79.2 Å². The van der Waals surface area contributed by atoms with Crippen molar-refractivity contribution in [3.63, 3.8) is 0 Å². The SMILES string of the molecule is CCN(C(=O)c1cc(F)ccc1-c1cc(C2CN(C(CC[C@@H]3COCCN3CCO[Si](C)(C)C(C)(C)C)C(C)C)C2)cn2c(C)ncc12)C(C)C. The highest BCUT2D eigenvalue weighted by molar-refractivity contribution is 6.74. The molecule has 1 aromatic carbocycles. The number of aryl methyl sites for hydroxylation is 1. The fourth-order valence-corrected chi connectivity index (χ4v) is 8.72. The molecular weight excluding hydrogens is 658 g/mol. The maximum Gasteiger partial charge on any atom is 0.254 e. The monoisotopic (exact) mass is 721 g/mol. The minimum Gasteiger partial charge on any atom is -0.416 e. The largest absolute Gasteiger partial charge is 0.416 e. The van der Waals surface area contributed by atoms with Gasteiger partial charge in [0.15, 0.2) is 8.32 Å². The number of ether oxygens (including phenoxy) is 1. The van der Waals surface area contributed by atoms with E-state index in [1.807, 2.05) is 33.9 Å². The minimum atomic E-state index is -1.77. The van der Waals surface area contributed by atoms with E-state index < -0.39 is 14.1 Å². The van der Waals surface area contributed by atoms with Crippen molar-refractivity contribution in [2.24, 2.45) is 5.92 Å². The lowest BCUT2D eigenvalue weighted by molar-refractivity contribution is -0.0226. The van der Waals surface area contributed by atoms with Gasteiger partial charge >= 0.3 is 0 Å². The summed E-state index contributed by atoms with van der Waals surface area (Å²) in [6.07, 6.45) is 6.33. The van der Waals surface area contributed by atoms with Crippen LogP contribution in [-0.2, 0) is 9.16 Å². The normalized spacial score (nSPS) is 18.9. The van der Waals surface area contributed by atoms with Crippen LogP contribution in [-0.4, -0.2) is 109 Å². The molecule has 0 saturated carbocycles. The van der Waals surface area contributed by atoms with Gasteiger partial charge in [-0.05, 0) is 93.9 Å². The Balaban J connectivity index is 1.31. The van der Waals surface area contributed by atoms with Gasteiger partial charge in [-0.1, -0.05) is 40.7 Å². The Bertz CT molecular complexity index is 1640. The van der Waals surface area contributed by atoms with Crippen LogP contribution in [0.1, 0.15) is 95.9 Å². The Kier molecular flexibility index (Phi) is 12.5. The van der Waals surface area contributed by atoms with Crippen LogP contribution in [0, 0.1) is 18.7 Å². The first-order chi connectivity index (χ1) is 24.0. The molecular formula is C41H64FN5O3Si. The zero-order valence-corrected chi connectivity index (χ0v) is 34.3. The molecule has 4 heterocycles. The molecule has 0 radical (unpaired) electrons. The van der Waals surface area contributed by atoms with E-state index in [0.29, 0.717) is 36.0 Å². The average Bonchev–Trinajstić information content (AvgIpc) is 3.41. The summed E-state index contributed by atoms with van der Waals surface area (Å²) in [6.45, 7) is 31.1. The molecule has 1 unspecified atom stereocenters. The van der Waals surface area contributed by atoms with Crippen LogP contribution >= 0.6 is 0 Å². The van der Waals surface area contributed by atoms with Crippen LogP contribution in [0.5, 0.6) is 0 Å². The molecule has 1 amide bonds. The van der Waals surface area contributed by atoms with Crippen LogP contribution in [0.25, 0.3) is 16.6 Å². The van der Waals surface area contributed by atoms with E-state index in [4.69, 9.17) is 9.16 Å². The van der Waals surface area contributed by atoms with Gasteiger partial charge in [0.05, 0.1) is 30.5 Å². The van der Waals surface area contributed by atoms with Gasteiger partial charge in [-0.3, -0.25) is 14.6 Å². The number of rotatable bonds is 14. The smallest absolute Gasteiger partial charge is 0.254 e. The van der Waals surface area contributed by atoms with E-state index in [1.165, 1.54) is 17.7 Å². The van der Waals surface area contributed by atoms with Crippen LogP contribution < -0.4 is 0 Å². The van der Waals surface area contributed by atoms with E-state index in [1.54, 1.807) is 11.0 Å². The molecule has 10 heteroatoms. The van der Waals surface area contributed by atoms with Gasteiger partial charge < -0.3 is 18.5 Å². The number of hydrogen-bond donors (Lipinski definition) is 0. The van der Waals surface area contributed by atoms with Gasteiger partial charge in [0.25, 0.3) is 5.91 Å².